The summed E-state index contributed by atoms with van der Waals surface area (Å²) in [6.07, 6.45) is 0.215. The molecule has 1 unspecified atom stereocenters. The molecule has 0 rings (SSSR count). The van der Waals surface area contributed by atoms with Crippen molar-refractivity contribution < 1.29 is 9.09 Å². The predicted octanol–water partition coefficient (Wildman–Crippen LogP) is 1.19. The molecule has 0 aliphatic heterocycles. The molecule has 0 aliphatic rings. The van der Waals surface area contributed by atoms with Crippen LogP contribution in [0.5, 0.6) is 0 Å². The molecule has 0 aliphatic carbocycles. The lowest BCUT2D eigenvalue weighted by Gasteiger charge is -1.92. The van der Waals surface area contributed by atoms with E-state index in [2.05, 4.69) is 0 Å². The van der Waals surface area contributed by atoms with Gasteiger partial charge in [-0.25, -0.2) is 4.39 Å². The minimum Gasteiger partial charge on any atom is -0.302 e. The third-order valence-corrected chi connectivity index (χ3v) is 0.564. The van der Waals surface area contributed by atoms with E-state index in [-0.39, 0.29) is 4.70 Å². The maximum atomic E-state index is 11.5. The molecule has 0 aromatic carbocycles. The third kappa shape index (κ3) is 10.7. The number of halogens is 2. The summed E-state index contributed by atoms with van der Waals surface area (Å²) in [5.74, 6) is 0. The van der Waals surface area contributed by atoms with E-state index in [1.54, 1.807) is 0 Å². The van der Waals surface area contributed by atoms with Gasteiger partial charge in [0.15, 0.2) is 0 Å². The van der Waals surface area contributed by atoms with E-state index in [0.717, 1.165) is 6.42 Å². The molecule has 0 saturated heterocycles. The van der Waals surface area contributed by atoms with Crippen molar-refractivity contribution in [3.63, 3.8) is 0 Å². The summed E-state index contributed by atoms with van der Waals surface area (Å²) in [4.78, 5) is 0. The Morgan fingerprint density at radius 1 is 1.71 bits per heavy atom. The molecule has 0 aromatic rings. The van der Waals surface area contributed by atoms with Crippen LogP contribution in [0.2, 0.25) is 0 Å². The number of hydrogen-bond acceptors (Lipinski definition) is 1. The van der Waals surface area contributed by atoms with Gasteiger partial charge < -0.3 is 5.73 Å². The fourth-order valence-electron chi connectivity index (χ4n) is 0.276. The van der Waals surface area contributed by atoms with Crippen LogP contribution in [-0.4, -0.2) is 6.30 Å². The molecule has 0 saturated carbocycles. The molecular weight excluding hydrogens is 100 g/mol. The molecular formula is C4H11F2N. The fraction of sp³-hybridized carbons (Fsp3) is 1.00. The van der Waals surface area contributed by atoms with Crippen molar-refractivity contribution in [1.82, 2.24) is 0 Å². The van der Waals surface area contributed by atoms with E-state index in [9.17, 15) is 4.39 Å². The first kappa shape index (κ1) is 9.94. The summed E-state index contributed by atoms with van der Waals surface area (Å²) in [5, 5.41) is 0. The first-order valence-corrected chi connectivity index (χ1v) is 2.17. The SMILES string of the molecule is CCCC(N)F.F. The largest absolute Gasteiger partial charge is 0.302 e. The predicted molar refractivity (Wildman–Crippen MR) is 26.5 cm³/mol. The highest BCUT2D eigenvalue weighted by Gasteiger charge is 1.90. The van der Waals surface area contributed by atoms with Crippen LogP contribution in [-0.2, 0) is 0 Å². The normalized spacial score (nSPS) is 12.4. The Labute approximate surface area is 42.1 Å². The maximum absolute atomic E-state index is 11.5. The number of rotatable bonds is 2. The first-order chi connectivity index (χ1) is 2.77. The molecule has 0 bridgehead atoms. The zero-order chi connectivity index (χ0) is 4.99. The van der Waals surface area contributed by atoms with Gasteiger partial charge in [-0.15, -0.1) is 0 Å². The van der Waals surface area contributed by atoms with Crippen LogP contribution in [0.1, 0.15) is 19.8 Å². The Morgan fingerprint density at radius 2 is 2.14 bits per heavy atom. The van der Waals surface area contributed by atoms with Gasteiger partial charge in [-0.1, -0.05) is 13.3 Å². The summed E-state index contributed by atoms with van der Waals surface area (Å²) in [6.45, 7) is 1.90. The minimum atomic E-state index is -1.10. The highest BCUT2D eigenvalue weighted by atomic mass is 19.1. The van der Waals surface area contributed by atoms with Crippen molar-refractivity contribution in [2.75, 3.05) is 0 Å². The van der Waals surface area contributed by atoms with E-state index < -0.39 is 6.30 Å². The molecule has 0 radical (unpaired) electrons. The van der Waals surface area contributed by atoms with Gasteiger partial charge >= 0.3 is 0 Å². The zero-order valence-corrected chi connectivity index (χ0v) is 4.36. The number of hydrogen-bond donors (Lipinski definition) is 1. The van der Waals surface area contributed by atoms with Gasteiger partial charge in [-0.2, -0.15) is 0 Å². The standard InChI is InChI=1S/C4H10FN.FH/c1-2-3-4(5)6;/h4H,2-3,6H2,1H3;1H. The Hall–Kier alpha value is -0.180. The molecule has 0 spiro atoms. The van der Waals surface area contributed by atoms with Crippen LogP contribution in [0.25, 0.3) is 0 Å². The second-order valence-electron chi connectivity index (χ2n) is 1.30. The van der Waals surface area contributed by atoms with Crippen LogP contribution in [0, 0.1) is 0 Å². The second-order valence-corrected chi connectivity index (χ2v) is 1.30. The molecule has 7 heavy (non-hydrogen) atoms. The van der Waals surface area contributed by atoms with Crippen molar-refractivity contribution >= 4 is 0 Å². The smallest absolute Gasteiger partial charge is 0.148 e. The molecule has 0 fully saturated rings. The van der Waals surface area contributed by atoms with Crippen molar-refractivity contribution in [2.24, 2.45) is 5.73 Å². The molecule has 2 N–H and O–H groups in total. The van der Waals surface area contributed by atoms with Gasteiger partial charge in [0.2, 0.25) is 0 Å². The van der Waals surface area contributed by atoms with Gasteiger partial charge in [0.05, 0.1) is 0 Å². The monoisotopic (exact) mass is 111 g/mol. The lowest BCUT2D eigenvalue weighted by molar-refractivity contribution is 0.322. The van der Waals surface area contributed by atoms with Crippen LogP contribution in [0.3, 0.4) is 0 Å². The summed E-state index contributed by atoms with van der Waals surface area (Å²) in [5.41, 5.74) is 4.74. The average Bonchev–Trinajstić information content (AvgIpc) is 1.35. The van der Waals surface area contributed by atoms with Gasteiger partial charge in [0.1, 0.15) is 6.30 Å². The lowest BCUT2D eigenvalue weighted by atomic mass is 10.3. The highest BCUT2D eigenvalue weighted by molar-refractivity contribution is 4.39. The molecule has 0 aromatic heterocycles. The van der Waals surface area contributed by atoms with Gasteiger partial charge in [0, 0.05) is 0 Å². The molecule has 0 amide bonds. The number of alkyl halides is 1. The van der Waals surface area contributed by atoms with E-state index >= 15 is 0 Å². The molecule has 3 heteroatoms. The average molecular weight is 111 g/mol. The summed E-state index contributed by atoms with van der Waals surface area (Å²) < 4.78 is 11.5. The number of nitrogens with two attached hydrogens (primary N) is 1. The second kappa shape index (κ2) is 5.82. The van der Waals surface area contributed by atoms with E-state index in [4.69, 9.17) is 5.73 Å². The summed E-state index contributed by atoms with van der Waals surface area (Å²) in [6, 6.07) is 0. The molecule has 46 valence electrons. The Morgan fingerprint density at radius 3 is 2.14 bits per heavy atom. The van der Waals surface area contributed by atoms with Gasteiger partial charge in [-0.3, -0.25) is 4.70 Å². The zero-order valence-electron chi connectivity index (χ0n) is 4.36. The Balaban J connectivity index is 0. The van der Waals surface area contributed by atoms with E-state index in [1.807, 2.05) is 6.92 Å². The van der Waals surface area contributed by atoms with Crippen molar-refractivity contribution in [1.29, 1.82) is 0 Å². The molecule has 1 atom stereocenters. The van der Waals surface area contributed by atoms with Crippen molar-refractivity contribution in [2.45, 2.75) is 26.1 Å². The van der Waals surface area contributed by atoms with Crippen LogP contribution < -0.4 is 5.73 Å². The van der Waals surface area contributed by atoms with Crippen LogP contribution in [0.4, 0.5) is 9.09 Å². The topological polar surface area (TPSA) is 26.0 Å². The van der Waals surface area contributed by atoms with Gasteiger partial charge in [0.25, 0.3) is 0 Å². The van der Waals surface area contributed by atoms with Crippen molar-refractivity contribution in [3.05, 3.63) is 0 Å². The van der Waals surface area contributed by atoms with Crippen LogP contribution in [0.15, 0.2) is 0 Å². The molecule has 0 heterocycles. The minimum absolute atomic E-state index is 0. The fourth-order valence-corrected chi connectivity index (χ4v) is 0.276. The molecule has 1 nitrogen and oxygen atoms in total. The Bertz CT molecular complexity index is 30.9. The first-order valence-electron chi connectivity index (χ1n) is 2.17. The van der Waals surface area contributed by atoms with E-state index in [0.29, 0.717) is 6.42 Å². The summed E-state index contributed by atoms with van der Waals surface area (Å²) >= 11 is 0. The lowest BCUT2D eigenvalue weighted by Crippen LogP contribution is -2.11. The highest BCUT2D eigenvalue weighted by Crippen LogP contribution is 1.90. The quantitative estimate of drug-likeness (QED) is 0.532. The van der Waals surface area contributed by atoms with Crippen molar-refractivity contribution in [3.8, 4) is 0 Å². The summed E-state index contributed by atoms with van der Waals surface area (Å²) in [7, 11) is 0. The van der Waals surface area contributed by atoms with Crippen LogP contribution >= 0.6 is 0 Å². The maximum Gasteiger partial charge on any atom is 0.148 e. The van der Waals surface area contributed by atoms with E-state index in [1.165, 1.54) is 0 Å². The Kier molecular flexibility index (Phi) is 8.27. The third-order valence-electron chi connectivity index (χ3n) is 0.564. The van der Waals surface area contributed by atoms with Gasteiger partial charge in [-0.05, 0) is 6.42 Å².